The van der Waals surface area contributed by atoms with Crippen LogP contribution in [0.5, 0.6) is 0 Å². The Labute approximate surface area is 120 Å². The van der Waals surface area contributed by atoms with Gasteiger partial charge in [0.2, 0.25) is 0 Å². The lowest BCUT2D eigenvalue weighted by Gasteiger charge is -1.99. The molecule has 0 spiro atoms. The van der Waals surface area contributed by atoms with Crippen LogP contribution < -0.4 is 0 Å². The van der Waals surface area contributed by atoms with Gasteiger partial charge < -0.3 is 4.42 Å². The lowest BCUT2D eigenvalue weighted by atomic mass is 10.2. The SMILES string of the molecule is CS(=O)(=O)c1ccc(-c2cc3ncnc(Cl)c3o2)cc1. The number of sulfone groups is 1. The fraction of sp³-hybridized carbons (Fsp3) is 0.0769. The Kier molecular flexibility index (Phi) is 2.99. The van der Waals surface area contributed by atoms with Crippen LogP contribution in [0, 0.1) is 0 Å². The van der Waals surface area contributed by atoms with E-state index in [1.807, 2.05) is 0 Å². The number of halogens is 1. The summed E-state index contributed by atoms with van der Waals surface area (Å²) in [5.41, 5.74) is 1.76. The van der Waals surface area contributed by atoms with Crippen molar-refractivity contribution < 1.29 is 12.8 Å². The number of hydrogen-bond donors (Lipinski definition) is 0. The fourth-order valence-electron chi connectivity index (χ4n) is 1.83. The molecule has 0 unspecified atom stereocenters. The van der Waals surface area contributed by atoms with Crippen LogP contribution in [0.25, 0.3) is 22.4 Å². The van der Waals surface area contributed by atoms with Crippen molar-refractivity contribution in [3.8, 4) is 11.3 Å². The van der Waals surface area contributed by atoms with Crippen molar-refractivity contribution in [1.29, 1.82) is 0 Å². The predicted molar refractivity (Wildman–Crippen MR) is 75.4 cm³/mol. The number of hydrogen-bond acceptors (Lipinski definition) is 5. The summed E-state index contributed by atoms with van der Waals surface area (Å²) in [6, 6.07) is 8.15. The van der Waals surface area contributed by atoms with Gasteiger partial charge in [0.15, 0.2) is 20.6 Å². The summed E-state index contributed by atoms with van der Waals surface area (Å²) in [6.07, 6.45) is 2.52. The normalized spacial score (nSPS) is 11.9. The summed E-state index contributed by atoms with van der Waals surface area (Å²) in [5.74, 6) is 0.558. The van der Waals surface area contributed by atoms with E-state index in [1.165, 1.54) is 24.7 Å². The van der Waals surface area contributed by atoms with Gasteiger partial charge in [-0.05, 0) is 24.3 Å². The Morgan fingerprint density at radius 3 is 2.45 bits per heavy atom. The van der Waals surface area contributed by atoms with E-state index in [1.54, 1.807) is 18.2 Å². The van der Waals surface area contributed by atoms with Crippen LogP contribution in [-0.4, -0.2) is 24.6 Å². The Balaban J connectivity index is 2.09. The molecular weight excluding hydrogens is 300 g/mol. The van der Waals surface area contributed by atoms with Gasteiger partial charge in [-0.2, -0.15) is 0 Å². The minimum Gasteiger partial charge on any atom is -0.451 e. The second-order valence-corrected chi connectivity index (χ2v) is 6.66. The number of aromatic nitrogens is 2. The maximum absolute atomic E-state index is 11.4. The molecule has 3 rings (SSSR count). The Morgan fingerprint density at radius 1 is 1.15 bits per heavy atom. The van der Waals surface area contributed by atoms with E-state index < -0.39 is 9.84 Å². The Hall–Kier alpha value is -1.92. The summed E-state index contributed by atoms with van der Waals surface area (Å²) >= 11 is 5.92. The van der Waals surface area contributed by atoms with Crippen LogP contribution >= 0.6 is 11.6 Å². The number of benzene rings is 1. The van der Waals surface area contributed by atoms with Crippen molar-refractivity contribution in [3.63, 3.8) is 0 Å². The van der Waals surface area contributed by atoms with Gasteiger partial charge in [-0.25, -0.2) is 18.4 Å². The van der Waals surface area contributed by atoms with Crippen molar-refractivity contribution >= 4 is 32.5 Å². The number of rotatable bonds is 2. The van der Waals surface area contributed by atoms with Crippen LogP contribution in [0.1, 0.15) is 0 Å². The topological polar surface area (TPSA) is 73.1 Å². The molecule has 0 aliphatic heterocycles. The molecule has 0 radical (unpaired) electrons. The zero-order chi connectivity index (χ0) is 14.3. The molecule has 2 aromatic heterocycles. The molecule has 0 saturated heterocycles. The average Bonchev–Trinajstić information content (AvgIpc) is 2.83. The van der Waals surface area contributed by atoms with Gasteiger partial charge in [-0.15, -0.1) is 0 Å². The van der Waals surface area contributed by atoms with Crippen LogP contribution in [0.3, 0.4) is 0 Å². The van der Waals surface area contributed by atoms with Gasteiger partial charge in [0, 0.05) is 17.9 Å². The highest BCUT2D eigenvalue weighted by molar-refractivity contribution is 7.90. The fourth-order valence-corrected chi connectivity index (χ4v) is 2.64. The molecule has 20 heavy (non-hydrogen) atoms. The van der Waals surface area contributed by atoms with E-state index in [0.717, 1.165) is 5.56 Å². The van der Waals surface area contributed by atoms with Gasteiger partial charge in [0.25, 0.3) is 0 Å². The molecule has 7 heteroatoms. The molecule has 102 valence electrons. The summed E-state index contributed by atoms with van der Waals surface area (Å²) in [6.45, 7) is 0. The molecule has 3 aromatic rings. The molecule has 5 nitrogen and oxygen atoms in total. The molecule has 1 aromatic carbocycles. The molecule has 0 N–H and O–H groups in total. The van der Waals surface area contributed by atoms with Gasteiger partial charge >= 0.3 is 0 Å². The molecule has 0 atom stereocenters. The van der Waals surface area contributed by atoms with Gasteiger partial charge in [-0.1, -0.05) is 11.6 Å². The van der Waals surface area contributed by atoms with E-state index in [2.05, 4.69) is 9.97 Å². The van der Waals surface area contributed by atoms with Crippen molar-refractivity contribution in [2.45, 2.75) is 4.90 Å². The third-order valence-electron chi connectivity index (χ3n) is 2.83. The monoisotopic (exact) mass is 308 g/mol. The van der Waals surface area contributed by atoms with E-state index in [-0.39, 0.29) is 10.0 Å². The molecule has 0 aliphatic rings. The van der Waals surface area contributed by atoms with E-state index in [4.69, 9.17) is 16.0 Å². The van der Waals surface area contributed by atoms with Crippen LogP contribution in [-0.2, 0) is 9.84 Å². The molecular formula is C13H9ClN2O3S. The molecule has 0 saturated carbocycles. The van der Waals surface area contributed by atoms with Crippen molar-refractivity contribution in [3.05, 3.63) is 41.8 Å². The Bertz CT molecular complexity index is 886. The van der Waals surface area contributed by atoms with Crippen LogP contribution in [0.4, 0.5) is 0 Å². The van der Waals surface area contributed by atoms with E-state index in [0.29, 0.717) is 16.9 Å². The minimum atomic E-state index is -3.21. The highest BCUT2D eigenvalue weighted by Gasteiger charge is 2.12. The zero-order valence-electron chi connectivity index (χ0n) is 10.4. The molecule has 0 amide bonds. The standard InChI is InChI=1S/C13H9ClN2O3S/c1-20(17,18)9-4-2-8(3-5-9)11-6-10-12(19-11)13(14)16-7-15-10/h2-7H,1H3. The highest BCUT2D eigenvalue weighted by Crippen LogP contribution is 2.30. The van der Waals surface area contributed by atoms with Crippen molar-refractivity contribution in [2.24, 2.45) is 0 Å². The van der Waals surface area contributed by atoms with Crippen LogP contribution in [0.15, 0.2) is 46.0 Å². The highest BCUT2D eigenvalue weighted by atomic mass is 35.5. The summed E-state index contributed by atoms with van der Waals surface area (Å²) in [5, 5.41) is 0.244. The smallest absolute Gasteiger partial charge is 0.190 e. The maximum Gasteiger partial charge on any atom is 0.190 e. The number of nitrogens with zero attached hydrogens (tertiary/aromatic N) is 2. The quantitative estimate of drug-likeness (QED) is 0.680. The molecule has 0 bridgehead atoms. The first-order valence-electron chi connectivity index (χ1n) is 5.66. The summed E-state index contributed by atoms with van der Waals surface area (Å²) in [4.78, 5) is 8.16. The lowest BCUT2D eigenvalue weighted by molar-refractivity contribution is 0.601. The summed E-state index contributed by atoms with van der Waals surface area (Å²) in [7, 11) is -3.21. The van der Waals surface area contributed by atoms with Gasteiger partial charge in [0.05, 0.1) is 4.90 Å². The minimum absolute atomic E-state index is 0.244. The first kappa shape index (κ1) is 13.1. The van der Waals surface area contributed by atoms with Gasteiger partial charge in [0.1, 0.15) is 17.6 Å². The van der Waals surface area contributed by atoms with Crippen molar-refractivity contribution in [2.75, 3.05) is 6.26 Å². The number of fused-ring (bicyclic) bond motifs is 1. The first-order chi connectivity index (χ1) is 9.45. The third-order valence-corrected chi connectivity index (χ3v) is 4.23. The Morgan fingerprint density at radius 2 is 1.85 bits per heavy atom. The predicted octanol–water partition coefficient (Wildman–Crippen LogP) is 2.95. The third kappa shape index (κ3) is 2.28. The second kappa shape index (κ2) is 4.57. The second-order valence-electron chi connectivity index (χ2n) is 4.29. The van der Waals surface area contributed by atoms with E-state index in [9.17, 15) is 8.42 Å². The lowest BCUT2D eigenvalue weighted by Crippen LogP contribution is -1.95. The number of furan rings is 1. The molecule has 0 aliphatic carbocycles. The first-order valence-corrected chi connectivity index (χ1v) is 7.92. The maximum atomic E-state index is 11.4. The zero-order valence-corrected chi connectivity index (χ0v) is 11.9. The van der Waals surface area contributed by atoms with E-state index >= 15 is 0 Å². The largest absolute Gasteiger partial charge is 0.451 e. The average molecular weight is 309 g/mol. The van der Waals surface area contributed by atoms with Gasteiger partial charge in [-0.3, -0.25) is 0 Å². The molecule has 0 fully saturated rings. The van der Waals surface area contributed by atoms with Crippen molar-refractivity contribution in [1.82, 2.24) is 9.97 Å². The van der Waals surface area contributed by atoms with Crippen LogP contribution in [0.2, 0.25) is 5.15 Å². The molecule has 2 heterocycles. The summed E-state index contributed by atoms with van der Waals surface area (Å²) < 4.78 is 28.4.